The maximum absolute atomic E-state index is 5.12. The van der Waals surface area contributed by atoms with Gasteiger partial charge in [-0.15, -0.1) is 0 Å². The molecule has 0 fully saturated rings. The van der Waals surface area contributed by atoms with Crippen LogP contribution in [0.4, 0.5) is 0 Å². The van der Waals surface area contributed by atoms with Crippen LogP contribution in [0.5, 0.6) is 0 Å². The van der Waals surface area contributed by atoms with Gasteiger partial charge in [0.1, 0.15) is 0 Å². The molecule has 0 amide bonds. The molecule has 2 aliphatic rings. The Balaban J connectivity index is 1.13. The van der Waals surface area contributed by atoms with E-state index in [1.165, 1.54) is 63.6 Å². The Bertz CT molecular complexity index is 2890. The third kappa shape index (κ3) is 4.78. The zero-order chi connectivity index (χ0) is 36.0. The van der Waals surface area contributed by atoms with Crippen molar-refractivity contribution in [1.82, 2.24) is 14.5 Å². The Labute approximate surface area is 322 Å². The van der Waals surface area contributed by atoms with E-state index in [2.05, 4.69) is 158 Å². The van der Waals surface area contributed by atoms with Crippen molar-refractivity contribution in [3.8, 4) is 50.7 Å². The Kier molecular flexibility index (Phi) is 7.07. The molecule has 5 heteroatoms. The van der Waals surface area contributed by atoms with E-state index in [0.717, 1.165) is 39.6 Å². The molecule has 3 heterocycles. The quantitative estimate of drug-likeness (QED) is 0.181. The summed E-state index contributed by atoms with van der Waals surface area (Å²) in [7, 11) is 0. The minimum absolute atomic E-state index is 0.140. The van der Waals surface area contributed by atoms with Crippen molar-refractivity contribution in [2.75, 3.05) is 0 Å². The molecule has 11 rings (SSSR count). The zero-order valence-electron chi connectivity index (χ0n) is 29.7. The Hall–Kier alpha value is -5.88. The number of rotatable bonds is 4. The van der Waals surface area contributed by atoms with Crippen molar-refractivity contribution in [2.24, 2.45) is 0 Å². The molecule has 3 nitrogen and oxygen atoms in total. The summed E-state index contributed by atoms with van der Waals surface area (Å²) in [4.78, 5) is 15.4. The third-order valence-electron chi connectivity index (χ3n) is 11.1. The van der Waals surface area contributed by atoms with Crippen LogP contribution in [0.3, 0.4) is 0 Å². The highest BCUT2D eigenvalue weighted by atomic mass is 32.2. The first-order valence-corrected chi connectivity index (χ1v) is 20.0. The minimum atomic E-state index is -0.140. The average Bonchev–Trinajstić information content (AvgIpc) is 3.69. The molecule has 0 bridgehead atoms. The van der Waals surface area contributed by atoms with Gasteiger partial charge in [0.15, 0.2) is 5.82 Å². The minimum Gasteiger partial charge on any atom is -0.308 e. The molecule has 1 aliphatic carbocycles. The van der Waals surface area contributed by atoms with Gasteiger partial charge in [0.05, 0.1) is 27.3 Å². The highest BCUT2D eigenvalue weighted by Gasteiger charge is 2.38. The van der Waals surface area contributed by atoms with Gasteiger partial charge in [0.25, 0.3) is 0 Å². The summed E-state index contributed by atoms with van der Waals surface area (Å²) in [6.45, 7) is 4.78. The topological polar surface area (TPSA) is 30.7 Å². The van der Waals surface area contributed by atoms with Gasteiger partial charge in [0, 0.05) is 53.3 Å². The molecule has 2 aromatic heterocycles. The van der Waals surface area contributed by atoms with Gasteiger partial charge in [0.2, 0.25) is 0 Å². The fraction of sp³-hybridized carbons (Fsp3) is 0.0612. The summed E-state index contributed by atoms with van der Waals surface area (Å²) in [6, 6.07) is 58.9. The number of benzene rings is 7. The fourth-order valence-electron chi connectivity index (χ4n) is 8.56. The van der Waals surface area contributed by atoms with Gasteiger partial charge in [-0.05, 0) is 64.7 Å². The normalized spacial score (nSPS) is 13.7. The van der Waals surface area contributed by atoms with E-state index >= 15 is 0 Å². The first-order valence-electron chi connectivity index (χ1n) is 18.3. The van der Waals surface area contributed by atoms with Crippen LogP contribution < -0.4 is 0 Å². The lowest BCUT2D eigenvalue weighted by atomic mass is 9.80. The molecule has 0 atom stereocenters. The van der Waals surface area contributed by atoms with Crippen molar-refractivity contribution in [3.05, 3.63) is 175 Å². The largest absolute Gasteiger partial charge is 0.308 e. The molecule has 0 N–H and O–H groups in total. The molecule has 54 heavy (non-hydrogen) atoms. The van der Waals surface area contributed by atoms with Gasteiger partial charge >= 0.3 is 0 Å². The molecule has 7 aromatic carbocycles. The van der Waals surface area contributed by atoms with Gasteiger partial charge < -0.3 is 4.57 Å². The number of fused-ring (bicyclic) bond motifs is 10. The van der Waals surface area contributed by atoms with E-state index in [-0.39, 0.29) is 5.41 Å². The predicted molar refractivity (Wildman–Crippen MR) is 225 cm³/mol. The second-order valence-electron chi connectivity index (χ2n) is 14.6. The Morgan fingerprint density at radius 3 is 1.89 bits per heavy atom. The van der Waals surface area contributed by atoms with Crippen LogP contribution in [0, 0.1) is 0 Å². The standard InChI is InChI=1S/C49H33N3S2/c1-49(2)37-18-10-9-17-34(37)35-25-27-40-44(45(35)49)36-26-28-43-47(54-42-20-12-11-19-41(42)53-43)46(36)52(40)33-23-21-31(22-24-33)39-29-38(30-13-5-3-6-14-30)50-48(51-39)32-15-7-4-8-16-32/h3-29H,1-2H3. The molecule has 0 radical (unpaired) electrons. The van der Waals surface area contributed by atoms with E-state index < -0.39 is 0 Å². The highest BCUT2D eigenvalue weighted by molar-refractivity contribution is 8.05. The second-order valence-corrected chi connectivity index (χ2v) is 16.7. The summed E-state index contributed by atoms with van der Waals surface area (Å²) in [5.41, 5.74) is 13.9. The number of hydrogen-bond acceptors (Lipinski definition) is 4. The molecule has 0 unspecified atom stereocenters. The van der Waals surface area contributed by atoms with Gasteiger partial charge in [-0.25, -0.2) is 9.97 Å². The van der Waals surface area contributed by atoms with E-state index in [1.54, 1.807) is 0 Å². The fourth-order valence-corrected chi connectivity index (χ4v) is 10.9. The second kappa shape index (κ2) is 12.1. The van der Waals surface area contributed by atoms with Crippen LogP contribution in [0.25, 0.3) is 72.5 Å². The van der Waals surface area contributed by atoms with Crippen molar-refractivity contribution in [1.29, 1.82) is 0 Å². The van der Waals surface area contributed by atoms with E-state index in [9.17, 15) is 0 Å². The first kappa shape index (κ1) is 31.6. The van der Waals surface area contributed by atoms with Crippen LogP contribution in [0.2, 0.25) is 0 Å². The van der Waals surface area contributed by atoms with Gasteiger partial charge in [-0.3, -0.25) is 0 Å². The summed E-state index contributed by atoms with van der Waals surface area (Å²) in [5, 5.41) is 2.64. The molecular formula is C49H33N3S2. The number of nitrogens with zero attached hydrogens (tertiary/aromatic N) is 3. The molecule has 0 spiro atoms. The molecule has 0 saturated heterocycles. The Morgan fingerprint density at radius 1 is 0.519 bits per heavy atom. The molecular weight excluding hydrogens is 695 g/mol. The van der Waals surface area contributed by atoms with Crippen molar-refractivity contribution < 1.29 is 0 Å². The van der Waals surface area contributed by atoms with Crippen molar-refractivity contribution >= 4 is 45.3 Å². The third-order valence-corrected chi connectivity index (χ3v) is 13.6. The van der Waals surface area contributed by atoms with Crippen molar-refractivity contribution in [2.45, 2.75) is 38.8 Å². The first-order chi connectivity index (χ1) is 26.5. The smallest absolute Gasteiger partial charge is 0.160 e. The molecule has 256 valence electrons. The molecule has 0 saturated carbocycles. The summed E-state index contributed by atoms with van der Waals surface area (Å²) in [6.07, 6.45) is 0. The number of hydrogen-bond donors (Lipinski definition) is 0. The van der Waals surface area contributed by atoms with Crippen molar-refractivity contribution in [3.63, 3.8) is 0 Å². The SMILES string of the molecule is CC1(C)c2ccccc2-c2ccc3c(c21)c1ccc2c(c1n3-c1ccc(-c3cc(-c4ccccc4)nc(-c4ccccc4)n3)cc1)Sc1ccccc1S2. The Morgan fingerprint density at radius 2 is 1.15 bits per heavy atom. The van der Waals surface area contributed by atoms with Gasteiger partial charge in [-0.1, -0.05) is 159 Å². The zero-order valence-corrected chi connectivity index (χ0v) is 31.4. The summed E-state index contributed by atoms with van der Waals surface area (Å²) < 4.78 is 2.51. The van der Waals surface area contributed by atoms with Crippen LogP contribution in [0.1, 0.15) is 25.0 Å². The van der Waals surface area contributed by atoms with Crippen LogP contribution in [0.15, 0.2) is 183 Å². The van der Waals surface area contributed by atoms with Crippen LogP contribution in [-0.4, -0.2) is 14.5 Å². The monoisotopic (exact) mass is 727 g/mol. The lowest BCUT2D eigenvalue weighted by molar-refractivity contribution is 0.666. The lowest BCUT2D eigenvalue weighted by Crippen LogP contribution is -2.15. The number of aromatic nitrogens is 3. The molecule has 1 aliphatic heterocycles. The summed E-state index contributed by atoms with van der Waals surface area (Å²) >= 11 is 3.77. The summed E-state index contributed by atoms with van der Waals surface area (Å²) in [5.74, 6) is 0.720. The van der Waals surface area contributed by atoms with E-state index in [0.29, 0.717) is 0 Å². The maximum Gasteiger partial charge on any atom is 0.160 e. The van der Waals surface area contributed by atoms with E-state index in [4.69, 9.17) is 9.97 Å². The van der Waals surface area contributed by atoms with Crippen LogP contribution in [-0.2, 0) is 5.41 Å². The van der Waals surface area contributed by atoms with Crippen LogP contribution >= 0.6 is 23.5 Å². The predicted octanol–water partition coefficient (Wildman–Crippen LogP) is 13.5. The van der Waals surface area contributed by atoms with E-state index in [1.807, 2.05) is 47.8 Å². The average molecular weight is 728 g/mol. The maximum atomic E-state index is 5.12. The lowest BCUT2D eigenvalue weighted by Gasteiger charge is -2.22. The highest BCUT2D eigenvalue weighted by Crippen LogP contribution is 2.56. The van der Waals surface area contributed by atoms with Gasteiger partial charge in [-0.2, -0.15) is 0 Å². The molecule has 9 aromatic rings.